The highest BCUT2D eigenvalue weighted by Gasteiger charge is 2.37. The zero-order chi connectivity index (χ0) is 18.4. The predicted molar refractivity (Wildman–Crippen MR) is 85.7 cm³/mol. The van der Waals surface area contributed by atoms with Crippen LogP contribution < -0.4 is 5.56 Å². The molecular formula is C15H9BrF3N5O. The minimum absolute atomic E-state index is 0.0740. The molecule has 0 unspecified atom stereocenters. The Morgan fingerprint density at radius 1 is 1.28 bits per heavy atom. The minimum atomic E-state index is -4.77. The van der Waals surface area contributed by atoms with Gasteiger partial charge in [-0.05, 0) is 27.6 Å². The smallest absolute Gasteiger partial charge is 0.308 e. The van der Waals surface area contributed by atoms with Gasteiger partial charge in [0.1, 0.15) is 0 Å². The average Bonchev–Trinajstić information content (AvgIpc) is 2.86. The number of halogens is 4. The molecule has 0 bridgehead atoms. The number of nitrogens with zero attached hydrogens (tertiary/aromatic N) is 5. The number of alkyl halides is 3. The van der Waals surface area contributed by atoms with Gasteiger partial charge in [-0.1, -0.05) is 18.2 Å². The van der Waals surface area contributed by atoms with E-state index in [1.807, 2.05) is 6.07 Å². The maximum atomic E-state index is 13.0. The van der Waals surface area contributed by atoms with Crippen LogP contribution in [0.3, 0.4) is 0 Å². The molecule has 25 heavy (non-hydrogen) atoms. The van der Waals surface area contributed by atoms with E-state index in [0.717, 1.165) is 7.05 Å². The lowest BCUT2D eigenvalue weighted by molar-refractivity contribution is -0.147. The lowest BCUT2D eigenvalue weighted by atomic mass is 10.1. The maximum Gasteiger partial charge on any atom is 0.449 e. The quantitative estimate of drug-likeness (QED) is 0.607. The summed E-state index contributed by atoms with van der Waals surface area (Å²) in [5, 5.41) is 9.16. The standard InChI is InChI=1S/C15H9BrF3N5O/c1-23-12(25)10-11(21-13(23)15(17,18)19)22-14(16)24(10)7-9-5-3-2-4-8(9)6-20/h2-5H,7H2,1H3. The van der Waals surface area contributed by atoms with Gasteiger partial charge < -0.3 is 4.57 Å². The summed E-state index contributed by atoms with van der Waals surface area (Å²) in [5.41, 5.74) is -0.253. The largest absolute Gasteiger partial charge is 0.449 e. The molecule has 3 rings (SSSR count). The van der Waals surface area contributed by atoms with Crippen LogP contribution in [0.1, 0.15) is 17.0 Å². The van der Waals surface area contributed by atoms with E-state index in [1.54, 1.807) is 24.3 Å². The van der Waals surface area contributed by atoms with Crippen LogP contribution in [0, 0.1) is 11.3 Å². The van der Waals surface area contributed by atoms with E-state index in [1.165, 1.54) is 4.57 Å². The first-order valence-corrected chi connectivity index (χ1v) is 7.71. The number of aromatic nitrogens is 4. The van der Waals surface area contributed by atoms with E-state index in [9.17, 15) is 18.0 Å². The summed E-state index contributed by atoms with van der Waals surface area (Å²) in [6, 6.07) is 8.76. The number of fused-ring (bicyclic) bond motifs is 1. The Morgan fingerprint density at radius 3 is 2.60 bits per heavy atom. The Balaban J connectivity index is 2.25. The van der Waals surface area contributed by atoms with Crippen molar-refractivity contribution in [3.8, 4) is 6.07 Å². The van der Waals surface area contributed by atoms with Crippen molar-refractivity contribution in [2.24, 2.45) is 7.05 Å². The van der Waals surface area contributed by atoms with Gasteiger partial charge in [-0.15, -0.1) is 0 Å². The van der Waals surface area contributed by atoms with Crippen LogP contribution in [0.4, 0.5) is 13.2 Å². The molecule has 0 atom stereocenters. The predicted octanol–water partition coefficient (Wildman–Crippen LogP) is 2.83. The molecule has 1 aromatic carbocycles. The molecule has 6 nitrogen and oxygen atoms in total. The van der Waals surface area contributed by atoms with Gasteiger partial charge in [0, 0.05) is 7.05 Å². The van der Waals surface area contributed by atoms with Crippen LogP contribution in [0.15, 0.2) is 33.8 Å². The maximum absolute atomic E-state index is 13.0. The first kappa shape index (κ1) is 17.2. The van der Waals surface area contributed by atoms with Crippen molar-refractivity contribution in [1.82, 2.24) is 19.1 Å². The molecule has 10 heteroatoms. The van der Waals surface area contributed by atoms with Gasteiger partial charge >= 0.3 is 6.18 Å². The summed E-state index contributed by atoms with van der Waals surface area (Å²) < 4.78 is 41.0. The zero-order valence-corrected chi connectivity index (χ0v) is 14.3. The molecule has 0 aliphatic carbocycles. The topological polar surface area (TPSA) is 76.5 Å². The van der Waals surface area contributed by atoms with Crippen LogP contribution in [-0.2, 0) is 19.8 Å². The number of imidazole rings is 1. The molecule has 0 radical (unpaired) electrons. The monoisotopic (exact) mass is 411 g/mol. The SMILES string of the molecule is Cn1c(C(F)(F)F)nc2nc(Br)n(Cc3ccccc3C#N)c2c1=O. The highest BCUT2D eigenvalue weighted by Crippen LogP contribution is 2.28. The third kappa shape index (κ3) is 2.91. The number of benzene rings is 1. The fourth-order valence-corrected chi connectivity index (χ4v) is 2.94. The second-order valence-electron chi connectivity index (χ2n) is 5.21. The van der Waals surface area contributed by atoms with Gasteiger partial charge in [0.05, 0.1) is 18.2 Å². The normalized spacial score (nSPS) is 11.7. The highest BCUT2D eigenvalue weighted by atomic mass is 79.9. The minimum Gasteiger partial charge on any atom is -0.308 e. The molecule has 0 aliphatic heterocycles. The van der Waals surface area contributed by atoms with Gasteiger partial charge in [-0.25, -0.2) is 9.97 Å². The summed E-state index contributed by atoms with van der Waals surface area (Å²) in [6.07, 6.45) is -4.77. The Hall–Kier alpha value is -2.67. The lowest BCUT2D eigenvalue weighted by Crippen LogP contribution is -2.28. The van der Waals surface area contributed by atoms with Gasteiger partial charge in [-0.3, -0.25) is 9.36 Å². The molecule has 0 saturated heterocycles. The molecule has 0 aliphatic rings. The van der Waals surface area contributed by atoms with Crippen molar-refractivity contribution < 1.29 is 13.2 Å². The van der Waals surface area contributed by atoms with Gasteiger partial charge in [0.25, 0.3) is 5.56 Å². The van der Waals surface area contributed by atoms with Gasteiger partial charge in [-0.2, -0.15) is 18.4 Å². The van der Waals surface area contributed by atoms with Crippen molar-refractivity contribution in [1.29, 1.82) is 5.26 Å². The van der Waals surface area contributed by atoms with Crippen molar-refractivity contribution in [2.45, 2.75) is 12.7 Å². The average molecular weight is 412 g/mol. The summed E-state index contributed by atoms with van der Waals surface area (Å²) in [4.78, 5) is 19.8. The molecule has 0 fully saturated rings. The molecular weight excluding hydrogens is 403 g/mol. The molecule has 2 heterocycles. The first-order chi connectivity index (χ1) is 11.7. The van der Waals surface area contributed by atoms with Crippen LogP contribution in [0.5, 0.6) is 0 Å². The number of hydrogen-bond donors (Lipinski definition) is 0. The van der Waals surface area contributed by atoms with E-state index < -0.39 is 17.6 Å². The van der Waals surface area contributed by atoms with Crippen LogP contribution in [0.2, 0.25) is 0 Å². The zero-order valence-electron chi connectivity index (χ0n) is 12.7. The molecule has 0 amide bonds. The molecule has 128 valence electrons. The summed E-state index contributed by atoms with van der Waals surface area (Å²) >= 11 is 3.15. The Kier molecular flexibility index (Phi) is 4.12. The fraction of sp³-hybridized carbons (Fsp3) is 0.200. The molecule has 2 aromatic heterocycles. The van der Waals surface area contributed by atoms with Gasteiger partial charge in [0.15, 0.2) is 15.9 Å². The molecule has 0 spiro atoms. The fourth-order valence-electron chi connectivity index (χ4n) is 2.47. The Morgan fingerprint density at radius 2 is 1.96 bits per heavy atom. The van der Waals surface area contributed by atoms with Crippen LogP contribution >= 0.6 is 15.9 Å². The summed E-state index contributed by atoms with van der Waals surface area (Å²) in [7, 11) is 1.01. The lowest BCUT2D eigenvalue weighted by Gasteiger charge is -2.11. The number of hydrogen-bond acceptors (Lipinski definition) is 4. The number of nitriles is 1. The van der Waals surface area contributed by atoms with Crippen molar-refractivity contribution in [3.63, 3.8) is 0 Å². The van der Waals surface area contributed by atoms with E-state index in [0.29, 0.717) is 15.7 Å². The van der Waals surface area contributed by atoms with E-state index in [-0.39, 0.29) is 22.4 Å². The molecule has 3 aromatic rings. The highest BCUT2D eigenvalue weighted by molar-refractivity contribution is 9.10. The van der Waals surface area contributed by atoms with Crippen molar-refractivity contribution >= 4 is 27.1 Å². The third-order valence-electron chi connectivity index (χ3n) is 3.66. The first-order valence-electron chi connectivity index (χ1n) is 6.92. The summed E-state index contributed by atoms with van der Waals surface area (Å²) in [6.45, 7) is 0.0864. The van der Waals surface area contributed by atoms with Crippen LogP contribution in [-0.4, -0.2) is 19.1 Å². The van der Waals surface area contributed by atoms with E-state index >= 15 is 0 Å². The van der Waals surface area contributed by atoms with E-state index in [4.69, 9.17) is 5.26 Å². The summed E-state index contributed by atoms with van der Waals surface area (Å²) in [5.74, 6) is -1.32. The van der Waals surface area contributed by atoms with Crippen molar-refractivity contribution in [2.75, 3.05) is 0 Å². The second kappa shape index (κ2) is 6.00. The van der Waals surface area contributed by atoms with Gasteiger partial charge in [0.2, 0.25) is 5.82 Å². The Labute approximate surface area is 147 Å². The van der Waals surface area contributed by atoms with E-state index in [2.05, 4.69) is 25.9 Å². The van der Waals surface area contributed by atoms with Crippen LogP contribution in [0.25, 0.3) is 11.2 Å². The molecule has 0 N–H and O–H groups in total. The number of rotatable bonds is 2. The van der Waals surface area contributed by atoms with Crippen molar-refractivity contribution in [3.05, 3.63) is 56.3 Å². The Bertz CT molecular complexity index is 1080. The second-order valence-corrected chi connectivity index (χ2v) is 5.91. The third-order valence-corrected chi connectivity index (χ3v) is 4.26. The molecule has 0 saturated carbocycles.